The van der Waals surface area contributed by atoms with E-state index in [-0.39, 0.29) is 24.2 Å². The van der Waals surface area contributed by atoms with Crippen LogP contribution in [0.2, 0.25) is 5.02 Å². The van der Waals surface area contributed by atoms with Gasteiger partial charge in [-0.25, -0.2) is 0 Å². The summed E-state index contributed by atoms with van der Waals surface area (Å²) in [5, 5.41) is 3.63. The first-order valence-electron chi connectivity index (χ1n) is 7.37. The highest BCUT2D eigenvalue weighted by Crippen LogP contribution is 2.22. The van der Waals surface area contributed by atoms with Gasteiger partial charge in [-0.15, -0.1) is 12.4 Å². The van der Waals surface area contributed by atoms with Crippen LogP contribution in [0.1, 0.15) is 28.7 Å². The summed E-state index contributed by atoms with van der Waals surface area (Å²) in [6.07, 6.45) is 0. The van der Waals surface area contributed by atoms with E-state index in [4.69, 9.17) is 17.3 Å². The van der Waals surface area contributed by atoms with E-state index in [1.54, 1.807) is 0 Å². The second-order valence-electron chi connectivity index (χ2n) is 5.65. The number of halogens is 2. The summed E-state index contributed by atoms with van der Waals surface area (Å²) in [5.41, 5.74) is 9.19. The maximum atomic E-state index is 12.4. The lowest BCUT2D eigenvalue weighted by atomic mass is 10.1. The molecule has 1 amide bonds. The molecule has 23 heavy (non-hydrogen) atoms. The Labute approximate surface area is 148 Å². The summed E-state index contributed by atoms with van der Waals surface area (Å²) in [6.45, 7) is 7.09. The van der Waals surface area contributed by atoms with Crippen molar-refractivity contribution in [1.29, 1.82) is 0 Å². The highest BCUT2D eigenvalue weighted by Gasteiger charge is 2.16. The van der Waals surface area contributed by atoms with Crippen molar-refractivity contribution in [2.75, 3.05) is 13.1 Å². The highest BCUT2D eigenvalue weighted by atomic mass is 35.5. The molecule has 1 aromatic carbocycles. The lowest BCUT2D eigenvalue weighted by molar-refractivity contribution is 0.0948. The molecular weight excluding hydrogens is 333 g/mol. The summed E-state index contributed by atoms with van der Waals surface area (Å²) >= 11 is 5.94. The molecule has 0 bridgehead atoms. The number of amides is 1. The first-order chi connectivity index (χ1) is 10.4. The number of benzene rings is 1. The summed E-state index contributed by atoms with van der Waals surface area (Å²) in [7, 11) is 0. The van der Waals surface area contributed by atoms with Crippen molar-refractivity contribution in [1.82, 2.24) is 9.88 Å². The molecule has 0 radical (unpaired) electrons. The quantitative estimate of drug-likeness (QED) is 0.862. The minimum absolute atomic E-state index is 0. The minimum atomic E-state index is -0.0615. The molecule has 0 fully saturated rings. The minimum Gasteiger partial charge on any atom is -0.352 e. The largest absolute Gasteiger partial charge is 0.352 e. The Morgan fingerprint density at radius 3 is 2.48 bits per heavy atom. The van der Waals surface area contributed by atoms with E-state index >= 15 is 0 Å². The van der Waals surface area contributed by atoms with Crippen LogP contribution in [-0.2, 0) is 0 Å². The Balaban J connectivity index is 0.00000264. The number of nitrogens with one attached hydrogen (secondary N) is 1. The van der Waals surface area contributed by atoms with Gasteiger partial charge in [-0.05, 0) is 56.6 Å². The molecular formula is C17H23Cl2N3O. The van der Waals surface area contributed by atoms with Crippen LogP contribution >= 0.6 is 24.0 Å². The third-order valence-electron chi connectivity index (χ3n) is 3.77. The standard InChI is InChI=1S/C17H22ClN3O.ClH/c1-11(9-19)10-20-17(22)16-8-12(2)21(13(16)3)15-6-4-14(18)5-7-15;/h4-8,11H,9-10,19H2,1-3H3,(H,20,22);1H. The normalized spacial score (nSPS) is 11.7. The Bertz CT molecular complexity index is 665. The third kappa shape index (κ3) is 4.50. The van der Waals surface area contributed by atoms with Crippen LogP contribution in [0, 0.1) is 19.8 Å². The van der Waals surface area contributed by atoms with Gasteiger partial charge < -0.3 is 15.6 Å². The zero-order chi connectivity index (χ0) is 16.3. The van der Waals surface area contributed by atoms with E-state index in [2.05, 4.69) is 9.88 Å². The van der Waals surface area contributed by atoms with Crippen molar-refractivity contribution in [3.63, 3.8) is 0 Å². The van der Waals surface area contributed by atoms with E-state index in [9.17, 15) is 4.79 Å². The molecule has 2 aromatic rings. The fourth-order valence-electron chi connectivity index (χ4n) is 2.43. The molecule has 1 unspecified atom stereocenters. The molecule has 6 heteroatoms. The van der Waals surface area contributed by atoms with Gasteiger partial charge in [-0.1, -0.05) is 18.5 Å². The van der Waals surface area contributed by atoms with Crippen LogP contribution in [0.25, 0.3) is 5.69 Å². The number of hydrogen-bond donors (Lipinski definition) is 2. The van der Waals surface area contributed by atoms with Crippen LogP contribution in [-0.4, -0.2) is 23.6 Å². The van der Waals surface area contributed by atoms with Crippen LogP contribution in [0.4, 0.5) is 0 Å². The number of nitrogens with zero attached hydrogens (tertiary/aromatic N) is 1. The molecule has 1 aromatic heterocycles. The Morgan fingerprint density at radius 1 is 1.30 bits per heavy atom. The first kappa shape index (κ1) is 19.6. The lowest BCUT2D eigenvalue weighted by Crippen LogP contribution is -2.31. The number of hydrogen-bond acceptors (Lipinski definition) is 2. The van der Waals surface area contributed by atoms with Crippen LogP contribution in [0.5, 0.6) is 0 Å². The Morgan fingerprint density at radius 2 is 1.91 bits per heavy atom. The van der Waals surface area contributed by atoms with Crippen molar-refractivity contribution >= 4 is 29.9 Å². The second-order valence-corrected chi connectivity index (χ2v) is 6.08. The highest BCUT2D eigenvalue weighted by molar-refractivity contribution is 6.30. The van der Waals surface area contributed by atoms with E-state index in [1.807, 2.05) is 51.1 Å². The van der Waals surface area contributed by atoms with Gasteiger partial charge in [0.15, 0.2) is 0 Å². The summed E-state index contributed by atoms with van der Waals surface area (Å²) < 4.78 is 2.05. The smallest absolute Gasteiger partial charge is 0.253 e. The van der Waals surface area contributed by atoms with Crippen molar-refractivity contribution in [3.8, 4) is 5.69 Å². The van der Waals surface area contributed by atoms with Gasteiger partial charge in [0.2, 0.25) is 0 Å². The summed E-state index contributed by atoms with van der Waals surface area (Å²) in [6, 6.07) is 9.49. The number of carbonyl (C=O) groups excluding carboxylic acids is 1. The Kier molecular flexibility index (Phi) is 7.13. The van der Waals surface area contributed by atoms with Gasteiger partial charge in [0, 0.05) is 28.6 Å². The van der Waals surface area contributed by atoms with Crippen molar-refractivity contribution in [2.24, 2.45) is 11.7 Å². The van der Waals surface area contributed by atoms with Gasteiger partial charge in [0.1, 0.15) is 0 Å². The van der Waals surface area contributed by atoms with Crippen LogP contribution in [0.3, 0.4) is 0 Å². The number of aryl methyl sites for hydroxylation is 1. The monoisotopic (exact) mass is 355 g/mol. The maximum Gasteiger partial charge on any atom is 0.253 e. The molecule has 0 aliphatic carbocycles. The van der Waals surface area contributed by atoms with E-state index in [0.29, 0.717) is 23.7 Å². The molecule has 0 saturated carbocycles. The molecule has 0 aliphatic heterocycles. The van der Waals surface area contributed by atoms with E-state index in [1.165, 1.54) is 0 Å². The predicted molar refractivity (Wildman–Crippen MR) is 98.1 cm³/mol. The average molecular weight is 356 g/mol. The predicted octanol–water partition coefficient (Wildman–Crippen LogP) is 3.49. The molecule has 1 atom stereocenters. The van der Waals surface area contributed by atoms with Gasteiger partial charge in [-0.3, -0.25) is 4.79 Å². The second kappa shape index (κ2) is 8.39. The zero-order valence-electron chi connectivity index (χ0n) is 13.6. The van der Waals surface area contributed by atoms with Gasteiger partial charge >= 0.3 is 0 Å². The van der Waals surface area contributed by atoms with E-state index in [0.717, 1.165) is 17.1 Å². The zero-order valence-corrected chi connectivity index (χ0v) is 15.2. The van der Waals surface area contributed by atoms with E-state index < -0.39 is 0 Å². The fourth-order valence-corrected chi connectivity index (χ4v) is 2.55. The molecule has 0 spiro atoms. The van der Waals surface area contributed by atoms with Gasteiger partial charge in [0.25, 0.3) is 5.91 Å². The van der Waals surface area contributed by atoms with Gasteiger partial charge in [-0.2, -0.15) is 0 Å². The topological polar surface area (TPSA) is 60.1 Å². The van der Waals surface area contributed by atoms with Crippen molar-refractivity contribution in [3.05, 3.63) is 52.3 Å². The maximum absolute atomic E-state index is 12.4. The fraction of sp³-hybridized carbons (Fsp3) is 0.353. The first-order valence-corrected chi connectivity index (χ1v) is 7.75. The van der Waals surface area contributed by atoms with Crippen LogP contribution < -0.4 is 11.1 Å². The molecule has 2 rings (SSSR count). The lowest BCUT2D eigenvalue weighted by Gasteiger charge is -2.11. The summed E-state index contributed by atoms with van der Waals surface area (Å²) in [5.74, 6) is 0.206. The SMILES string of the molecule is Cc1cc(C(=O)NCC(C)CN)c(C)n1-c1ccc(Cl)cc1.Cl. The average Bonchev–Trinajstić information content (AvgIpc) is 2.80. The molecule has 0 aliphatic rings. The van der Waals surface area contributed by atoms with Crippen LogP contribution in [0.15, 0.2) is 30.3 Å². The Hall–Kier alpha value is -1.49. The molecule has 4 nitrogen and oxygen atoms in total. The molecule has 0 saturated heterocycles. The number of aromatic nitrogens is 1. The molecule has 1 heterocycles. The van der Waals surface area contributed by atoms with Crippen molar-refractivity contribution < 1.29 is 4.79 Å². The number of nitrogens with two attached hydrogens (primary N) is 1. The number of rotatable bonds is 5. The molecule has 3 N–H and O–H groups in total. The third-order valence-corrected chi connectivity index (χ3v) is 4.03. The van der Waals surface area contributed by atoms with Crippen molar-refractivity contribution in [2.45, 2.75) is 20.8 Å². The van der Waals surface area contributed by atoms with Gasteiger partial charge in [0.05, 0.1) is 5.56 Å². The molecule has 126 valence electrons. The summed E-state index contributed by atoms with van der Waals surface area (Å²) in [4.78, 5) is 12.4. The number of carbonyl (C=O) groups is 1.